The van der Waals surface area contributed by atoms with Crippen molar-refractivity contribution in [2.75, 3.05) is 18.4 Å². The quantitative estimate of drug-likeness (QED) is 0.912. The van der Waals surface area contributed by atoms with Crippen LogP contribution in [0, 0.1) is 0 Å². The zero-order chi connectivity index (χ0) is 13.8. The van der Waals surface area contributed by atoms with E-state index in [1.807, 2.05) is 6.20 Å². The van der Waals surface area contributed by atoms with Crippen LogP contribution in [0.4, 0.5) is 5.13 Å². The molecule has 0 spiro atoms. The summed E-state index contributed by atoms with van der Waals surface area (Å²) in [5, 5.41) is 4.41. The first-order valence-corrected chi connectivity index (χ1v) is 8.14. The molecule has 1 N–H and O–H groups in total. The van der Waals surface area contributed by atoms with E-state index in [2.05, 4.69) is 46.4 Å². The lowest BCUT2D eigenvalue weighted by atomic mass is 10.00. The molecule has 2 heterocycles. The summed E-state index contributed by atoms with van der Waals surface area (Å²) in [6.45, 7) is 6.40. The van der Waals surface area contributed by atoms with Crippen LogP contribution in [-0.4, -0.2) is 23.0 Å². The number of benzene rings is 1. The molecule has 0 saturated carbocycles. The van der Waals surface area contributed by atoms with Gasteiger partial charge < -0.3 is 5.32 Å². The number of hydrogen-bond acceptors (Lipinski definition) is 4. The number of nitrogens with zero attached hydrogens (tertiary/aromatic N) is 2. The number of hydrogen-bond donors (Lipinski definition) is 1. The molecule has 1 aromatic heterocycles. The first kappa shape index (κ1) is 13.6. The minimum atomic E-state index is 1.00. The summed E-state index contributed by atoms with van der Waals surface area (Å²) in [5.41, 5.74) is 2.99. The highest BCUT2D eigenvalue weighted by Gasteiger charge is 2.16. The number of fused-ring (bicyclic) bond motifs is 1. The second-order valence-electron chi connectivity index (χ2n) is 5.29. The molecule has 1 aliphatic rings. The summed E-state index contributed by atoms with van der Waals surface area (Å²) in [6, 6.07) is 8.79. The predicted octanol–water partition coefficient (Wildman–Crippen LogP) is 3.52. The summed E-state index contributed by atoms with van der Waals surface area (Å²) >= 11 is 1.78. The Hall–Kier alpha value is -1.39. The van der Waals surface area contributed by atoms with Crippen LogP contribution >= 0.6 is 11.3 Å². The van der Waals surface area contributed by atoms with Crippen LogP contribution in [0.15, 0.2) is 30.5 Å². The molecule has 3 nitrogen and oxygen atoms in total. The summed E-state index contributed by atoms with van der Waals surface area (Å²) in [7, 11) is 0. The van der Waals surface area contributed by atoms with E-state index in [0.717, 1.165) is 44.2 Å². The molecule has 0 bridgehead atoms. The van der Waals surface area contributed by atoms with Crippen molar-refractivity contribution in [2.24, 2.45) is 0 Å². The largest absolute Gasteiger partial charge is 0.362 e. The molecule has 0 fully saturated rings. The third kappa shape index (κ3) is 3.19. The molecule has 106 valence electrons. The van der Waals surface area contributed by atoms with Crippen LogP contribution in [0.1, 0.15) is 29.3 Å². The SMILES string of the molecule is CCCNc1ncc(CN2CCc3ccccc3C2)s1. The smallest absolute Gasteiger partial charge is 0.182 e. The minimum Gasteiger partial charge on any atom is -0.362 e. The van der Waals surface area contributed by atoms with Gasteiger partial charge in [-0.3, -0.25) is 4.90 Å². The van der Waals surface area contributed by atoms with Crippen LogP contribution in [0.25, 0.3) is 0 Å². The first-order chi connectivity index (χ1) is 9.85. The van der Waals surface area contributed by atoms with Crippen LogP contribution in [0.3, 0.4) is 0 Å². The Labute approximate surface area is 124 Å². The topological polar surface area (TPSA) is 28.2 Å². The van der Waals surface area contributed by atoms with Gasteiger partial charge in [0.15, 0.2) is 5.13 Å². The van der Waals surface area contributed by atoms with E-state index in [-0.39, 0.29) is 0 Å². The summed E-state index contributed by atoms with van der Waals surface area (Å²) in [6.07, 6.45) is 4.32. The average Bonchev–Trinajstić information content (AvgIpc) is 2.92. The third-order valence-electron chi connectivity index (χ3n) is 3.67. The average molecular weight is 287 g/mol. The standard InChI is InChI=1S/C16H21N3S/c1-2-8-17-16-18-10-15(20-16)12-19-9-7-13-5-3-4-6-14(13)11-19/h3-6,10H,2,7-9,11-12H2,1H3,(H,17,18). The predicted molar refractivity (Wildman–Crippen MR) is 85.2 cm³/mol. The van der Waals surface area contributed by atoms with E-state index in [1.54, 1.807) is 11.3 Å². The molecule has 0 saturated heterocycles. The monoisotopic (exact) mass is 287 g/mol. The number of thiazole rings is 1. The highest BCUT2D eigenvalue weighted by Crippen LogP contribution is 2.24. The molecule has 3 rings (SSSR count). The summed E-state index contributed by atoms with van der Waals surface area (Å²) in [4.78, 5) is 8.31. The molecule has 0 radical (unpaired) electrons. The molecule has 1 aromatic carbocycles. The molecule has 20 heavy (non-hydrogen) atoms. The molecule has 0 aliphatic carbocycles. The first-order valence-electron chi connectivity index (χ1n) is 7.33. The lowest BCUT2D eigenvalue weighted by Gasteiger charge is -2.28. The van der Waals surface area contributed by atoms with Crippen molar-refractivity contribution in [2.45, 2.75) is 32.9 Å². The van der Waals surface area contributed by atoms with E-state index in [0.29, 0.717) is 0 Å². The van der Waals surface area contributed by atoms with Gasteiger partial charge in [0.2, 0.25) is 0 Å². The van der Waals surface area contributed by atoms with Crippen molar-refractivity contribution in [3.63, 3.8) is 0 Å². The minimum absolute atomic E-state index is 1.00. The maximum atomic E-state index is 4.44. The fourth-order valence-electron chi connectivity index (χ4n) is 2.60. The lowest BCUT2D eigenvalue weighted by molar-refractivity contribution is 0.247. The van der Waals surface area contributed by atoms with Gasteiger partial charge >= 0.3 is 0 Å². The number of aromatic nitrogens is 1. The van der Waals surface area contributed by atoms with Crippen molar-refractivity contribution in [3.05, 3.63) is 46.5 Å². The van der Waals surface area contributed by atoms with Crippen molar-refractivity contribution < 1.29 is 0 Å². The van der Waals surface area contributed by atoms with Gasteiger partial charge in [-0.05, 0) is 24.0 Å². The van der Waals surface area contributed by atoms with Gasteiger partial charge in [-0.1, -0.05) is 31.2 Å². The molecule has 0 amide bonds. The second-order valence-corrected chi connectivity index (χ2v) is 6.40. The van der Waals surface area contributed by atoms with Gasteiger partial charge in [0.25, 0.3) is 0 Å². The molecular formula is C16H21N3S. The molecule has 1 aliphatic heterocycles. The van der Waals surface area contributed by atoms with Crippen molar-refractivity contribution in [1.29, 1.82) is 0 Å². The van der Waals surface area contributed by atoms with E-state index in [4.69, 9.17) is 0 Å². The molecule has 0 atom stereocenters. The molecule has 4 heteroatoms. The van der Waals surface area contributed by atoms with Gasteiger partial charge in [0, 0.05) is 37.3 Å². The maximum Gasteiger partial charge on any atom is 0.182 e. The van der Waals surface area contributed by atoms with E-state index in [9.17, 15) is 0 Å². The highest BCUT2D eigenvalue weighted by atomic mass is 32.1. The normalized spacial score (nSPS) is 15.1. The van der Waals surface area contributed by atoms with Crippen LogP contribution < -0.4 is 5.32 Å². The lowest BCUT2D eigenvalue weighted by Crippen LogP contribution is -2.29. The number of nitrogens with one attached hydrogen (secondary N) is 1. The molecule has 0 unspecified atom stereocenters. The zero-order valence-electron chi connectivity index (χ0n) is 11.9. The van der Waals surface area contributed by atoms with Crippen LogP contribution in [0.5, 0.6) is 0 Å². The van der Waals surface area contributed by atoms with Gasteiger partial charge in [-0.25, -0.2) is 4.98 Å². The Kier molecular flexibility index (Phi) is 4.33. The zero-order valence-corrected chi connectivity index (χ0v) is 12.7. The third-order valence-corrected chi connectivity index (χ3v) is 4.61. The van der Waals surface area contributed by atoms with Gasteiger partial charge in [-0.15, -0.1) is 11.3 Å². The Morgan fingerprint density at radius 3 is 3.00 bits per heavy atom. The molecular weight excluding hydrogens is 266 g/mol. The maximum absolute atomic E-state index is 4.44. The fraction of sp³-hybridized carbons (Fsp3) is 0.438. The Balaban J connectivity index is 1.60. The summed E-state index contributed by atoms with van der Waals surface area (Å²) in [5.74, 6) is 0. The van der Waals surface area contributed by atoms with Crippen LogP contribution in [-0.2, 0) is 19.5 Å². The van der Waals surface area contributed by atoms with E-state index < -0.39 is 0 Å². The van der Waals surface area contributed by atoms with E-state index in [1.165, 1.54) is 16.0 Å². The van der Waals surface area contributed by atoms with Crippen molar-refractivity contribution >= 4 is 16.5 Å². The molecule has 2 aromatic rings. The van der Waals surface area contributed by atoms with Gasteiger partial charge in [0.1, 0.15) is 0 Å². The van der Waals surface area contributed by atoms with Crippen LogP contribution in [0.2, 0.25) is 0 Å². The van der Waals surface area contributed by atoms with Gasteiger partial charge in [-0.2, -0.15) is 0 Å². The van der Waals surface area contributed by atoms with Gasteiger partial charge in [0.05, 0.1) is 0 Å². The fourth-order valence-corrected chi connectivity index (χ4v) is 3.48. The Morgan fingerprint density at radius 2 is 2.15 bits per heavy atom. The van der Waals surface area contributed by atoms with E-state index >= 15 is 0 Å². The number of rotatable bonds is 5. The van der Waals surface area contributed by atoms with Crippen molar-refractivity contribution in [1.82, 2.24) is 9.88 Å². The Bertz CT molecular complexity index is 564. The number of anilines is 1. The second kappa shape index (κ2) is 6.37. The van der Waals surface area contributed by atoms with Crippen molar-refractivity contribution in [3.8, 4) is 0 Å². The highest BCUT2D eigenvalue weighted by molar-refractivity contribution is 7.15. The summed E-state index contributed by atoms with van der Waals surface area (Å²) < 4.78 is 0. The Morgan fingerprint density at radius 1 is 1.30 bits per heavy atom.